The SMILES string of the molecule is CCC(O)(CC)CNc1nc2ccccc2cc1C#N. The molecule has 0 atom stereocenters. The predicted octanol–water partition coefficient (Wildman–Crippen LogP) is 3.07. The molecule has 2 N–H and O–H groups in total. The maximum Gasteiger partial charge on any atom is 0.144 e. The van der Waals surface area contributed by atoms with Gasteiger partial charge < -0.3 is 10.4 Å². The summed E-state index contributed by atoms with van der Waals surface area (Å²) in [4.78, 5) is 4.47. The fraction of sp³-hybridized carbons (Fsp3) is 0.375. The van der Waals surface area contributed by atoms with Crippen molar-refractivity contribution in [2.75, 3.05) is 11.9 Å². The molecule has 1 aromatic carbocycles. The Morgan fingerprint density at radius 3 is 2.65 bits per heavy atom. The van der Waals surface area contributed by atoms with Crippen molar-refractivity contribution >= 4 is 16.7 Å². The van der Waals surface area contributed by atoms with Crippen LogP contribution in [0, 0.1) is 11.3 Å². The van der Waals surface area contributed by atoms with E-state index < -0.39 is 5.60 Å². The van der Waals surface area contributed by atoms with Crippen LogP contribution in [0.5, 0.6) is 0 Å². The van der Waals surface area contributed by atoms with E-state index in [1.54, 1.807) is 0 Å². The molecule has 1 heterocycles. The minimum atomic E-state index is -0.764. The van der Waals surface area contributed by atoms with Gasteiger partial charge in [0.05, 0.1) is 16.7 Å². The van der Waals surface area contributed by atoms with E-state index in [4.69, 9.17) is 0 Å². The molecule has 0 spiro atoms. The third-order valence-electron chi connectivity index (χ3n) is 3.75. The number of nitrogens with zero attached hydrogens (tertiary/aromatic N) is 2. The maximum absolute atomic E-state index is 10.3. The summed E-state index contributed by atoms with van der Waals surface area (Å²) in [5, 5.41) is 23.6. The van der Waals surface area contributed by atoms with Crippen molar-refractivity contribution in [1.82, 2.24) is 4.98 Å². The van der Waals surface area contributed by atoms with Crippen LogP contribution in [0.3, 0.4) is 0 Å². The van der Waals surface area contributed by atoms with Gasteiger partial charge in [0.25, 0.3) is 0 Å². The van der Waals surface area contributed by atoms with Crippen LogP contribution in [0.4, 0.5) is 5.82 Å². The Labute approximate surface area is 119 Å². The van der Waals surface area contributed by atoms with E-state index in [-0.39, 0.29) is 0 Å². The van der Waals surface area contributed by atoms with E-state index in [1.807, 2.05) is 44.2 Å². The van der Waals surface area contributed by atoms with Crippen LogP contribution in [0.25, 0.3) is 10.9 Å². The Kier molecular flexibility index (Phi) is 4.21. The molecule has 0 aliphatic carbocycles. The van der Waals surface area contributed by atoms with Gasteiger partial charge >= 0.3 is 0 Å². The molecule has 1 aromatic heterocycles. The van der Waals surface area contributed by atoms with E-state index in [0.29, 0.717) is 30.8 Å². The molecule has 0 saturated heterocycles. The summed E-state index contributed by atoms with van der Waals surface area (Å²) in [6.07, 6.45) is 1.32. The highest BCUT2D eigenvalue weighted by Gasteiger charge is 2.22. The molecular formula is C16H19N3O. The zero-order valence-corrected chi connectivity index (χ0v) is 11.8. The third kappa shape index (κ3) is 2.89. The van der Waals surface area contributed by atoms with Crippen LogP contribution in [0.1, 0.15) is 32.3 Å². The first-order chi connectivity index (χ1) is 9.61. The van der Waals surface area contributed by atoms with Crippen LogP contribution in [-0.4, -0.2) is 22.2 Å². The second kappa shape index (κ2) is 5.89. The Balaban J connectivity index is 2.32. The molecule has 0 unspecified atom stereocenters. The molecule has 0 bridgehead atoms. The Morgan fingerprint density at radius 1 is 1.30 bits per heavy atom. The number of anilines is 1. The van der Waals surface area contributed by atoms with Crippen molar-refractivity contribution in [1.29, 1.82) is 5.26 Å². The van der Waals surface area contributed by atoms with E-state index in [2.05, 4.69) is 16.4 Å². The van der Waals surface area contributed by atoms with Crippen molar-refractivity contribution in [3.63, 3.8) is 0 Å². The Hall–Kier alpha value is -2.12. The van der Waals surface area contributed by atoms with Crippen molar-refractivity contribution < 1.29 is 5.11 Å². The molecule has 2 aromatic rings. The minimum Gasteiger partial charge on any atom is -0.388 e. The number of para-hydroxylation sites is 1. The zero-order chi connectivity index (χ0) is 14.6. The van der Waals surface area contributed by atoms with E-state index in [0.717, 1.165) is 10.9 Å². The molecule has 0 fully saturated rings. The van der Waals surface area contributed by atoms with Gasteiger partial charge in [0.1, 0.15) is 11.9 Å². The smallest absolute Gasteiger partial charge is 0.144 e. The van der Waals surface area contributed by atoms with E-state index in [1.165, 1.54) is 0 Å². The average Bonchev–Trinajstić information content (AvgIpc) is 2.51. The number of rotatable bonds is 5. The molecule has 104 valence electrons. The number of hydrogen-bond acceptors (Lipinski definition) is 4. The zero-order valence-electron chi connectivity index (χ0n) is 11.8. The van der Waals surface area contributed by atoms with Gasteiger partial charge in [-0.05, 0) is 25.0 Å². The topological polar surface area (TPSA) is 68.9 Å². The molecule has 4 nitrogen and oxygen atoms in total. The molecule has 0 saturated carbocycles. The van der Waals surface area contributed by atoms with Crippen molar-refractivity contribution in [3.8, 4) is 6.07 Å². The molecule has 0 aliphatic rings. The van der Waals surface area contributed by atoms with Crippen LogP contribution >= 0.6 is 0 Å². The first-order valence-electron chi connectivity index (χ1n) is 6.88. The lowest BCUT2D eigenvalue weighted by Gasteiger charge is -2.25. The highest BCUT2D eigenvalue weighted by atomic mass is 16.3. The van der Waals surface area contributed by atoms with Crippen LogP contribution in [-0.2, 0) is 0 Å². The second-order valence-corrected chi connectivity index (χ2v) is 4.97. The highest BCUT2D eigenvalue weighted by molar-refractivity contribution is 5.82. The van der Waals surface area contributed by atoms with Gasteiger partial charge in [0, 0.05) is 11.9 Å². The van der Waals surface area contributed by atoms with Crippen molar-refractivity contribution in [2.24, 2.45) is 0 Å². The van der Waals surface area contributed by atoms with E-state index in [9.17, 15) is 10.4 Å². The summed E-state index contributed by atoms with van der Waals surface area (Å²) >= 11 is 0. The predicted molar refractivity (Wildman–Crippen MR) is 80.5 cm³/mol. The Morgan fingerprint density at radius 2 is 2.00 bits per heavy atom. The lowest BCUT2D eigenvalue weighted by Crippen LogP contribution is -2.35. The number of nitriles is 1. The van der Waals surface area contributed by atoms with Crippen LogP contribution in [0.15, 0.2) is 30.3 Å². The second-order valence-electron chi connectivity index (χ2n) is 4.97. The van der Waals surface area contributed by atoms with Gasteiger partial charge in [-0.3, -0.25) is 0 Å². The fourth-order valence-electron chi connectivity index (χ4n) is 2.08. The molecule has 20 heavy (non-hydrogen) atoms. The van der Waals surface area contributed by atoms with Gasteiger partial charge in [0.2, 0.25) is 0 Å². The Bertz CT molecular complexity index is 642. The summed E-state index contributed by atoms with van der Waals surface area (Å²) in [6, 6.07) is 11.7. The average molecular weight is 269 g/mol. The normalized spacial score (nSPS) is 11.3. The number of pyridine rings is 1. The lowest BCUT2D eigenvalue weighted by molar-refractivity contribution is 0.0456. The third-order valence-corrected chi connectivity index (χ3v) is 3.75. The molecular weight excluding hydrogens is 250 g/mol. The molecule has 0 radical (unpaired) electrons. The first kappa shape index (κ1) is 14.3. The summed E-state index contributed by atoms with van der Waals surface area (Å²) in [7, 11) is 0. The molecule has 0 aliphatic heterocycles. The first-order valence-corrected chi connectivity index (χ1v) is 6.88. The lowest BCUT2D eigenvalue weighted by atomic mass is 9.97. The molecule has 4 heteroatoms. The molecule has 2 rings (SSSR count). The monoisotopic (exact) mass is 269 g/mol. The minimum absolute atomic E-state index is 0.389. The van der Waals surface area contributed by atoms with Crippen LogP contribution in [0.2, 0.25) is 0 Å². The highest BCUT2D eigenvalue weighted by Crippen LogP contribution is 2.21. The number of aromatic nitrogens is 1. The maximum atomic E-state index is 10.3. The quantitative estimate of drug-likeness (QED) is 0.875. The fourth-order valence-corrected chi connectivity index (χ4v) is 2.08. The van der Waals surface area contributed by atoms with Gasteiger partial charge in [0.15, 0.2) is 0 Å². The van der Waals surface area contributed by atoms with Crippen molar-refractivity contribution in [3.05, 3.63) is 35.9 Å². The summed E-state index contributed by atoms with van der Waals surface area (Å²) in [5.41, 5.74) is 0.573. The van der Waals surface area contributed by atoms with Gasteiger partial charge in [-0.15, -0.1) is 0 Å². The van der Waals surface area contributed by atoms with Gasteiger partial charge in [-0.25, -0.2) is 4.98 Å². The van der Waals surface area contributed by atoms with Gasteiger partial charge in [-0.1, -0.05) is 32.0 Å². The van der Waals surface area contributed by atoms with Crippen molar-refractivity contribution in [2.45, 2.75) is 32.3 Å². The molecule has 0 amide bonds. The largest absolute Gasteiger partial charge is 0.388 e. The number of benzene rings is 1. The number of aliphatic hydroxyl groups is 1. The summed E-state index contributed by atoms with van der Waals surface area (Å²) < 4.78 is 0. The number of hydrogen-bond donors (Lipinski definition) is 2. The summed E-state index contributed by atoms with van der Waals surface area (Å²) in [6.45, 7) is 4.29. The van der Waals surface area contributed by atoms with Gasteiger partial charge in [-0.2, -0.15) is 5.26 Å². The van der Waals surface area contributed by atoms with E-state index >= 15 is 0 Å². The van der Waals surface area contributed by atoms with Crippen LogP contribution < -0.4 is 5.32 Å². The number of nitrogens with one attached hydrogen (secondary N) is 1. The number of fused-ring (bicyclic) bond motifs is 1. The standard InChI is InChI=1S/C16H19N3O/c1-3-16(20,4-2)11-18-15-13(10-17)9-12-7-5-6-8-14(12)19-15/h5-9,20H,3-4,11H2,1-2H3,(H,18,19). The summed E-state index contributed by atoms with van der Waals surface area (Å²) in [5.74, 6) is 0.534.